The highest BCUT2D eigenvalue weighted by Gasteiger charge is 2.45. The molecule has 0 spiro atoms. The Morgan fingerprint density at radius 2 is 1.94 bits per heavy atom. The fraction of sp³-hybridized carbons (Fsp3) is 0.462. The number of rotatable bonds is 8. The van der Waals surface area contributed by atoms with Crippen LogP contribution in [-0.4, -0.2) is 49.2 Å². The summed E-state index contributed by atoms with van der Waals surface area (Å²) in [5.74, 6) is -1.31. The zero-order valence-electron chi connectivity index (χ0n) is 20.7. The molecular weight excluding hydrogens is 471 g/mol. The second-order valence-corrected chi connectivity index (χ2v) is 9.76. The second kappa shape index (κ2) is 10.6. The third kappa shape index (κ3) is 5.40. The van der Waals surface area contributed by atoms with Crippen molar-refractivity contribution in [1.29, 1.82) is 0 Å². The quantitative estimate of drug-likeness (QED) is 0.338. The Bertz CT molecular complexity index is 1220. The van der Waals surface area contributed by atoms with Crippen LogP contribution in [0.15, 0.2) is 30.3 Å². The number of likely N-dealkylation sites (tertiary alicyclic amines) is 1. The minimum absolute atomic E-state index is 0.0190. The van der Waals surface area contributed by atoms with Crippen LogP contribution in [0.2, 0.25) is 0 Å². The lowest BCUT2D eigenvalue weighted by atomic mass is 9.70. The van der Waals surface area contributed by atoms with E-state index in [0.717, 1.165) is 11.8 Å². The van der Waals surface area contributed by atoms with Crippen molar-refractivity contribution in [2.24, 2.45) is 5.41 Å². The van der Waals surface area contributed by atoms with Gasteiger partial charge in [0.15, 0.2) is 23.7 Å². The smallest absolute Gasteiger partial charge is 0.163 e. The van der Waals surface area contributed by atoms with Crippen LogP contribution in [-0.2, 0) is 13.0 Å². The summed E-state index contributed by atoms with van der Waals surface area (Å²) >= 11 is 0. The van der Waals surface area contributed by atoms with Crippen LogP contribution < -0.4 is 5.32 Å². The van der Waals surface area contributed by atoms with Gasteiger partial charge in [0, 0.05) is 41.7 Å². The summed E-state index contributed by atoms with van der Waals surface area (Å²) in [5, 5.41) is 31.0. The number of aromatic nitrogens is 3. The average Bonchev–Trinajstić information content (AvgIpc) is 3.25. The lowest BCUT2D eigenvalue weighted by Gasteiger charge is -2.47. The van der Waals surface area contributed by atoms with Gasteiger partial charge in [0.1, 0.15) is 11.6 Å². The van der Waals surface area contributed by atoms with Gasteiger partial charge < -0.3 is 15.5 Å². The van der Waals surface area contributed by atoms with Crippen LogP contribution in [0.25, 0.3) is 0 Å². The Morgan fingerprint density at radius 3 is 2.61 bits per heavy atom. The average molecular weight is 504 g/mol. The van der Waals surface area contributed by atoms with Gasteiger partial charge in [0.25, 0.3) is 0 Å². The van der Waals surface area contributed by atoms with Gasteiger partial charge in [-0.05, 0) is 57.4 Å². The highest BCUT2D eigenvalue weighted by atomic mass is 19.2. The zero-order valence-corrected chi connectivity index (χ0v) is 20.7. The van der Waals surface area contributed by atoms with E-state index >= 15 is 4.39 Å². The molecule has 1 saturated heterocycles. The number of halogens is 3. The maximum Gasteiger partial charge on any atom is 0.163 e. The summed E-state index contributed by atoms with van der Waals surface area (Å²) in [6.45, 7) is 6.07. The first-order chi connectivity index (χ1) is 17.1. The number of benzene rings is 1. The number of anilines is 2. The van der Waals surface area contributed by atoms with E-state index in [9.17, 15) is 19.0 Å². The molecule has 0 aliphatic carbocycles. The number of H-pyrrole nitrogens is 1. The van der Waals surface area contributed by atoms with Crippen LogP contribution >= 0.6 is 0 Å². The molecule has 7 nitrogen and oxygen atoms in total. The predicted molar refractivity (Wildman–Crippen MR) is 130 cm³/mol. The number of piperidine rings is 1. The molecule has 1 aromatic carbocycles. The normalized spacial score (nSPS) is 20.8. The maximum atomic E-state index is 15.2. The first-order valence-electron chi connectivity index (χ1n) is 12.1. The molecule has 0 saturated carbocycles. The Balaban J connectivity index is 1.57. The van der Waals surface area contributed by atoms with E-state index in [2.05, 4.69) is 20.5 Å². The zero-order chi connectivity index (χ0) is 26.0. The summed E-state index contributed by atoms with van der Waals surface area (Å²) in [5.41, 5.74) is 0.579. The van der Waals surface area contributed by atoms with Crippen molar-refractivity contribution in [3.8, 4) is 0 Å². The van der Waals surface area contributed by atoms with Crippen molar-refractivity contribution in [3.05, 3.63) is 70.3 Å². The molecule has 1 fully saturated rings. The number of nitrogens with zero attached hydrogens (tertiary/aromatic N) is 3. The Morgan fingerprint density at radius 1 is 1.17 bits per heavy atom. The van der Waals surface area contributed by atoms with Crippen molar-refractivity contribution in [3.63, 3.8) is 0 Å². The monoisotopic (exact) mass is 503 g/mol. The third-order valence-corrected chi connectivity index (χ3v) is 7.17. The van der Waals surface area contributed by atoms with Gasteiger partial charge in [-0.2, -0.15) is 5.10 Å². The highest BCUT2D eigenvalue weighted by Crippen LogP contribution is 2.42. The first kappa shape index (κ1) is 26.1. The van der Waals surface area contributed by atoms with Gasteiger partial charge in [-0.15, -0.1) is 0 Å². The summed E-state index contributed by atoms with van der Waals surface area (Å²) in [7, 11) is 0. The van der Waals surface area contributed by atoms with Crippen molar-refractivity contribution in [2.75, 3.05) is 11.9 Å². The molecule has 3 heterocycles. The topological polar surface area (TPSA) is 97.3 Å². The molecule has 2 aromatic heterocycles. The number of hydrogen-bond acceptors (Lipinski definition) is 6. The molecule has 4 N–H and O–H groups in total. The lowest BCUT2D eigenvalue weighted by molar-refractivity contribution is -0.164. The first-order valence-corrected chi connectivity index (χ1v) is 12.1. The van der Waals surface area contributed by atoms with E-state index in [-0.39, 0.29) is 30.3 Å². The summed E-state index contributed by atoms with van der Waals surface area (Å²) in [6, 6.07) is 7.34. The molecule has 2 atom stereocenters. The number of nitrogens with one attached hydrogen (secondary N) is 2. The lowest BCUT2D eigenvalue weighted by Crippen LogP contribution is -2.52. The Kier molecular flexibility index (Phi) is 7.67. The molecule has 194 valence electrons. The van der Waals surface area contributed by atoms with Crippen LogP contribution in [0.3, 0.4) is 0 Å². The van der Waals surface area contributed by atoms with Crippen LogP contribution in [0.1, 0.15) is 48.7 Å². The van der Waals surface area contributed by atoms with Crippen molar-refractivity contribution >= 4 is 11.6 Å². The highest BCUT2D eigenvalue weighted by molar-refractivity contribution is 5.53. The number of hydrogen-bond donors (Lipinski definition) is 4. The maximum absolute atomic E-state index is 15.2. The third-order valence-electron chi connectivity index (χ3n) is 7.17. The van der Waals surface area contributed by atoms with Crippen molar-refractivity contribution < 1.29 is 23.4 Å². The molecule has 3 aromatic rings. The fourth-order valence-corrected chi connectivity index (χ4v) is 5.09. The number of aryl methyl sites for hydroxylation is 2. The minimum Gasteiger partial charge on any atom is -0.368 e. The van der Waals surface area contributed by atoms with Crippen molar-refractivity contribution in [2.45, 2.75) is 65.3 Å². The SMILES string of the molecule is CC[C@@H]1C[C@](Cc2nc(Nc3cc(C)[nH]n3)cc(C)c2F)(C(O)O)CCN1Cc1cccc(F)c1F. The van der Waals surface area contributed by atoms with E-state index < -0.39 is 29.2 Å². The molecule has 1 aliphatic heterocycles. The molecule has 0 radical (unpaired) electrons. The number of pyridine rings is 1. The van der Waals surface area contributed by atoms with Gasteiger partial charge in [-0.1, -0.05) is 19.1 Å². The summed E-state index contributed by atoms with van der Waals surface area (Å²) < 4.78 is 43.2. The molecule has 36 heavy (non-hydrogen) atoms. The molecular formula is C26H32F3N5O2. The fourth-order valence-electron chi connectivity index (χ4n) is 5.09. The van der Waals surface area contributed by atoms with Crippen molar-refractivity contribution in [1.82, 2.24) is 20.1 Å². The van der Waals surface area contributed by atoms with E-state index in [4.69, 9.17) is 0 Å². The molecule has 0 unspecified atom stereocenters. The van der Waals surface area contributed by atoms with Gasteiger partial charge in [-0.3, -0.25) is 10.00 Å². The molecule has 10 heteroatoms. The van der Waals surface area contributed by atoms with Gasteiger partial charge in [0.2, 0.25) is 0 Å². The number of aliphatic hydroxyl groups is 2. The Labute approximate surface area is 208 Å². The van der Waals surface area contributed by atoms with Gasteiger partial charge in [-0.25, -0.2) is 18.2 Å². The molecule has 0 bridgehead atoms. The number of aromatic amines is 1. The van der Waals surface area contributed by atoms with E-state index in [1.807, 2.05) is 18.7 Å². The minimum atomic E-state index is -1.70. The summed E-state index contributed by atoms with van der Waals surface area (Å²) in [6.07, 6.45) is -0.360. The Hall–Kier alpha value is -2.95. The molecule has 0 amide bonds. The van der Waals surface area contributed by atoms with Crippen LogP contribution in [0.5, 0.6) is 0 Å². The van der Waals surface area contributed by atoms with Gasteiger partial charge >= 0.3 is 0 Å². The van der Waals surface area contributed by atoms with E-state index in [1.54, 1.807) is 25.1 Å². The van der Waals surface area contributed by atoms with Gasteiger partial charge in [0.05, 0.1) is 5.69 Å². The van der Waals surface area contributed by atoms with E-state index in [0.29, 0.717) is 43.0 Å². The second-order valence-electron chi connectivity index (χ2n) is 9.76. The largest absolute Gasteiger partial charge is 0.368 e. The predicted octanol–water partition coefficient (Wildman–Crippen LogP) is 4.50. The van der Waals surface area contributed by atoms with E-state index in [1.165, 1.54) is 6.07 Å². The van der Waals surface area contributed by atoms with Crippen LogP contribution in [0.4, 0.5) is 24.8 Å². The molecule has 1 aliphatic rings. The number of aliphatic hydroxyl groups excluding tert-OH is 1. The standard InChI is InChI=1S/C26H32F3N5O2/c1-4-18-12-26(25(35)36,8-9-34(18)14-17-6-5-7-19(27)24(17)29)13-20-23(28)15(2)10-21(30-20)31-22-11-16(3)32-33-22/h5-7,10-11,18,25,35-36H,4,8-9,12-14H2,1-3H3,(H2,30,31,32,33)/t18-,26-/m1/s1. The summed E-state index contributed by atoms with van der Waals surface area (Å²) in [4.78, 5) is 6.47. The molecule has 4 rings (SSSR count). The van der Waals surface area contributed by atoms with Crippen LogP contribution in [0, 0.1) is 36.7 Å².